The fourth-order valence-electron chi connectivity index (χ4n) is 2.35. The molecule has 2 heterocycles. The van der Waals surface area contributed by atoms with Crippen LogP contribution < -0.4 is 10.6 Å². The van der Waals surface area contributed by atoms with Crippen LogP contribution in [0.4, 0.5) is 0 Å². The second kappa shape index (κ2) is 7.04. The first-order valence-electron chi connectivity index (χ1n) is 7.73. The number of aromatic nitrogens is 2. The fourth-order valence-corrected chi connectivity index (χ4v) is 2.35. The molecule has 0 unspecified atom stereocenters. The van der Waals surface area contributed by atoms with Crippen LogP contribution in [0.25, 0.3) is 0 Å². The molecule has 0 bridgehead atoms. The lowest BCUT2D eigenvalue weighted by atomic mass is 10.1. The number of nitrogens with zero attached hydrogens (tertiary/aromatic N) is 3. The van der Waals surface area contributed by atoms with Gasteiger partial charge in [-0.15, -0.1) is 0 Å². The van der Waals surface area contributed by atoms with E-state index < -0.39 is 0 Å². The van der Waals surface area contributed by atoms with Gasteiger partial charge in [-0.05, 0) is 33.7 Å². The Morgan fingerprint density at radius 1 is 1.38 bits per heavy atom. The fraction of sp³-hybridized carbons (Fsp3) is 0.733. The zero-order valence-electron chi connectivity index (χ0n) is 13.4. The highest BCUT2D eigenvalue weighted by Crippen LogP contribution is 2.13. The molecule has 0 atom stereocenters. The smallest absolute Gasteiger partial charge is 0.254 e. The van der Waals surface area contributed by atoms with Crippen molar-refractivity contribution in [3.8, 4) is 0 Å². The minimum Gasteiger partial charge on any atom is -0.352 e. The zero-order chi connectivity index (χ0) is 15.3. The highest BCUT2D eigenvalue weighted by molar-refractivity contribution is 5.93. The van der Waals surface area contributed by atoms with Crippen LogP contribution in [0.2, 0.25) is 0 Å². The Bertz CT molecular complexity index is 457. The van der Waals surface area contributed by atoms with Crippen molar-refractivity contribution >= 4 is 5.91 Å². The molecule has 0 radical (unpaired) electrons. The van der Waals surface area contributed by atoms with Crippen LogP contribution in [0.5, 0.6) is 0 Å². The molecule has 0 aliphatic carbocycles. The van der Waals surface area contributed by atoms with Gasteiger partial charge in [-0.2, -0.15) is 5.10 Å². The minimum absolute atomic E-state index is 0.0363. The lowest BCUT2D eigenvalue weighted by molar-refractivity contribution is 0.0951. The topological polar surface area (TPSA) is 62.2 Å². The molecule has 1 aromatic rings. The summed E-state index contributed by atoms with van der Waals surface area (Å²) in [5.41, 5.74) is 0.535. The van der Waals surface area contributed by atoms with Gasteiger partial charge in [0, 0.05) is 38.9 Å². The van der Waals surface area contributed by atoms with E-state index in [9.17, 15) is 4.79 Å². The Hall–Kier alpha value is -1.40. The van der Waals surface area contributed by atoms with Crippen molar-refractivity contribution in [2.75, 3.05) is 39.3 Å². The van der Waals surface area contributed by atoms with Crippen molar-refractivity contribution in [2.24, 2.45) is 0 Å². The number of hydrogen-bond donors (Lipinski definition) is 2. The van der Waals surface area contributed by atoms with E-state index in [1.54, 1.807) is 6.20 Å². The van der Waals surface area contributed by atoms with Gasteiger partial charge in [0.1, 0.15) is 0 Å². The molecule has 1 aromatic heterocycles. The summed E-state index contributed by atoms with van der Waals surface area (Å²) < 4.78 is 1.82. The molecule has 1 saturated heterocycles. The summed E-state index contributed by atoms with van der Waals surface area (Å²) in [6, 6.07) is 0. The summed E-state index contributed by atoms with van der Waals surface area (Å²) in [6.07, 6.45) is 4.43. The monoisotopic (exact) mass is 293 g/mol. The van der Waals surface area contributed by atoms with Crippen LogP contribution >= 0.6 is 0 Å². The molecule has 1 amide bonds. The van der Waals surface area contributed by atoms with Crippen LogP contribution in [-0.2, 0) is 5.54 Å². The van der Waals surface area contributed by atoms with Crippen molar-refractivity contribution < 1.29 is 4.79 Å². The minimum atomic E-state index is -0.0964. The van der Waals surface area contributed by atoms with Crippen LogP contribution in [0.1, 0.15) is 37.6 Å². The highest BCUT2D eigenvalue weighted by Gasteiger charge is 2.16. The number of carbonyl (C=O) groups excluding carboxylic acids is 1. The van der Waals surface area contributed by atoms with E-state index in [1.807, 2.05) is 10.9 Å². The van der Waals surface area contributed by atoms with Crippen LogP contribution in [0.15, 0.2) is 12.4 Å². The van der Waals surface area contributed by atoms with E-state index >= 15 is 0 Å². The summed E-state index contributed by atoms with van der Waals surface area (Å²) in [7, 11) is 0. The van der Waals surface area contributed by atoms with E-state index in [0.717, 1.165) is 39.1 Å². The lowest BCUT2D eigenvalue weighted by Gasteiger charge is -2.27. The molecule has 1 fully saturated rings. The van der Waals surface area contributed by atoms with E-state index in [-0.39, 0.29) is 11.4 Å². The maximum absolute atomic E-state index is 12.0. The van der Waals surface area contributed by atoms with E-state index in [0.29, 0.717) is 12.1 Å². The molecular weight excluding hydrogens is 266 g/mol. The lowest BCUT2D eigenvalue weighted by Crippen LogP contribution is -2.44. The predicted octanol–water partition coefficient (Wildman–Crippen LogP) is 0.663. The van der Waals surface area contributed by atoms with Crippen molar-refractivity contribution in [1.29, 1.82) is 0 Å². The number of hydrogen-bond acceptors (Lipinski definition) is 4. The molecule has 2 rings (SSSR count). The van der Waals surface area contributed by atoms with Crippen LogP contribution in [0.3, 0.4) is 0 Å². The Balaban J connectivity index is 1.70. The molecule has 0 saturated carbocycles. The summed E-state index contributed by atoms with van der Waals surface area (Å²) in [4.78, 5) is 14.5. The largest absolute Gasteiger partial charge is 0.352 e. The van der Waals surface area contributed by atoms with Gasteiger partial charge >= 0.3 is 0 Å². The quantitative estimate of drug-likeness (QED) is 0.783. The summed E-state index contributed by atoms with van der Waals surface area (Å²) >= 11 is 0. The highest BCUT2D eigenvalue weighted by atomic mass is 16.1. The van der Waals surface area contributed by atoms with Crippen LogP contribution in [0, 0.1) is 0 Å². The average Bonchev–Trinajstić information content (AvgIpc) is 2.94. The number of rotatable bonds is 5. The Kier molecular flexibility index (Phi) is 5.36. The van der Waals surface area contributed by atoms with E-state index in [1.165, 1.54) is 0 Å². The van der Waals surface area contributed by atoms with Gasteiger partial charge in [0.05, 0.1) is 17.3 Å². The molecule has 1 aliphatic heterocycles. The van der Waals surface area contributed by atoms with E-state index in [4.69, 9.17) is 0 Å². The molecule has 21 heavy (non-hydrogen) atoms. The van der Waals surface area contributed by atoms with Gasteiger partial charge < -0.3 is 15.5 Å². The normalized spacial score (nSPS) is 16.9. The molecule has 0 aromatic carbocycles. The van der Waals surface area contributed by atoms with Gasteiger partial charge in [0.25, 0.3) is 5.91 Å². The summed E-state index contributed by atoms with van der Waals surface area (Å²) in [5, 5.41) is 10.6. The molecule has 0 spiro atoms. The maximum atomic E-state index is 12.0. The van der Waals surface area contributed by atoms with Crippen molar-refractivity contribution in [2.45, 2.75) is 32.7 Å². The molecule has 2 N–H and O–H groups in total. The van der Waals surface area contributed by atoms with E-state index in [2.05, 4.69) is 41.4 Å². The number of carbonyl (C=O) groups is 1. The molecule has 6 heteroatoms. The first-order valence-corrected chi connectivity index (χ1v) is 7.73. The number of amides is 1. The SMILES string of the molecule is CC(C)(C)n1cc(C(=O)NCCCN2CCNCC2)cn1. The average molecular weight is 293 g/mol. The molecular formula is C15H27N5O. The van der Waals surface area contributed by atoms with Gasteiger partial charge in [-0.1, -0.05) is 0 Å². The van der Waals surface area contributed by atoms with Crippen molar-refractivity contribution in [3.63, 3.8) is 0 Å². The van der Waals surface area contributed by atoms with Gasteiger partial charge in [-0.3, -0.25) is 9.48 Å². The standard InChI is InChI=1S/C15H27N5O/c1-15(2,3)20-12-13(11-18-20)14(21)17-5-4-8-19-9-6-16-7-10-19/h11-12,16H,4-10H2,1-3H3,(H,17,21). The Morgan fingerprint density at radius 2 is 2.10 bits per heavy atom. The second-order valence-electron chi connectivity index (χ2n) is 6.55. The molecule has 1 aliphatic rings. The number of piperazine rings is 1. The van der Waals surface area contributed by atoms with Crippen molar-refractivity contribution in [1.82, 2.24) is 25.3 Å². The maximum Gasteiger partial charge on any atom is 0.254 e. The van der Waals surface area contributed by atoms with Crippen molar-refractivity contribution in [3.05, 3.63) is 18.0 Å². The third-order valence-corrected chi connectivity index (χ3v) is 3.68. The van der Waals surface area contributed by atoms with Gasteiger partial charge in [0.2, 0.25) is 0 Å². The molecule has 118 valence electrons. The molecule has 6 nitrogen and oxygen atoms in total. The third-order valence-electron chi connectivity index (χ3n) is 3.68. The third kappa shape index (κ3) is 4.82. The second-order valence-corrected chi connectivity index (χ2v) is 6.55. The first-order chi connectivity index (χ1) is 9.97. The first kappa shape index (κ1) is 16.0. The van der Waals surface area contributed by atoms with Crippen LogP contribution in [-0.4, -0.2) is 59.9 Å². The number of nitrogens with one attached hydrogen (secondary N) is 2. The Morgan fingerprint density at radius 3 is 2.71 bits per heavy atom. The summed E-state index contributed by atoms with van der Waals surface area (Å²) in [5.74, 6) is -0.0363. The zero-order valence-corrected chi connectivity index (χ0v) is 13.4. The van der Waals surface area contributed by atoms with Gasteiger partial charge in [-0.25, -0.2) is 0 Å². The predicted molar refractivity (Wildman–Crippen MR) is 83.5 cm³/mol. The van der Waals surface area contributed by atoms with Gasteiger partial charge in [0.15, 0.2) is 0 Å². The summed E-state index contributed by atoms with van der Waals surface area (Å²) in [6.45, 7) is 12.3. The Labute approximate surface area is 126 Å².